The molecule has 0 aliphatic carbocycles. The van der Waals surface area contributed by atoms with Crippen LogP contribution in [0.5, 0.6) is 0 Å². The van der Waals surface area contributed by atoms with E-state index in [-0.39, 0.29) is 30.5 Å². The van der Waals surface area contributed by atoms with Gasteiger partial charge in [0.15, 0.2) is 0 Å². The van der Waals surface area contributed by atoms with Gasteiger partial charge in [0.1, 0.15) is 6.04 Å². The Kier molecular flexibility index (Phi) is 4.72. The number of carbonyl (C=O) groups is 3. The molecule has 12 heteroatoms. The summed E-state index contributed by atoms with van der Waals surface area (Å²) in [5.41, 5.74) is -4.72. The lowest BCUT2D eigenvalue weighted by molar-refractivity contribution is -0.136. The average molecular weight is 406 g/mol. The second kappa shape index (κ2) is 6.60. The fourth-order valence-corrected chi connectivity index (χ4v) is 3.35. The maximum Gasteiger partial charge on any atom is 0.523 e. The molecule has 3 amide bonds. The number of carbonyl (C=O) groups excluding carboxylic acids is 3. The first-order chi connectivity index (χ1) is 12.5. The monoisotopic (exact) mass is 406 g/mol. The number of fused-ring (bicyclic) bond motifs is 1. The molecule has 0 radical (unpaired) electrons. The molecule has 2 aliphatic rings. The Balaban J connectivity index is 1.74. The van der Waals surface area contributed by atoms with Crippen LogP contribution in [0.1, 0.15) is 34.3 Å². The van der Waals surface area contributed by atoms with Gasteiger partial charge in [-0.25, -0.2) is 0 Å². The van der Waals surface area contributed by atoms with E-state index in [2.05, 4.69) is 9.50 Å². The highest BCUT2D eigenvalue weighted by molar-refractivity contribution is 7.87. The van der Waals surface area contributed by atoms with Crippen molar-refractivity contribution in [1.29, 1.82) is 0 Å². The highest BCUT2D eigenvalue weighted by Crippen LogP contribution is 2.29. The van der Waals surface area contributed by atoms with Gasteiger partial charge in [0.25, 0.3) is 5.91 Å². The number of nitrogens with zero attached hydrogens (tertiary/aromatic N) is 1. The molecule has 1 atom stereocenters. The van der Waals surface area contributed by atoms with Gasteiger partial charge in [-0.1, -0.05) is 12.1 Å². The number of imide groups is 1. The molecule has 0 bridgehead atoms. The summed E-state index contributed by atoms with van der Waals surface area (Å²) in [5.74, 6) is -1.46. The maximum atomic E-state index is 12.5. The summed E-state index contributed by atoms with van der Waals surface area (Å²) in [4.78, 5) is 36.9. The van der Waals surface area contributed by atoms with Crippen molar-refractivity contribution in [3.05, 3.63) is 34.9 Å². The molecule has 2 heterocycles. The van der Waals surface area contributed by atoms with Gasteiger partial charge in [0, 0.05) is 18.5 Å². The van der Waals surface area contributed by atoms with Crippen LogP contribution >= 0.6 is 0 Å². The normalized spacial score (nSPS) is 20.6. The van der Waals surface area contributed by atoms with E-state index in [0.29, 0.717) is 5.56 Å². The summed E-state index contributed by atoms with van der Waals surface area (Å²) in [7, 11) is -5.72. The fourth-order valence-electron chi connectivity index (χ4n) is 2.93. The van der Waals surface area contributed by atoms with Crippen molar-refractivity contribution in [3.63, 3.8) is 0 Å². The van der Waals surface area contributed by atoms with Gasteiger partial charge in [0.2, 0.25) is 11.8 Å². The Morgan fingerprint density at radius 1 is 1.22 bits per heavy atom. The lowest BCUT2D eigenvalue weighted by Crippen LogP contribution is -2.52. The van der Waals surface area contributed by atoms with Crippen LogP contribution in [-0.2, 0) is 37.0 Å². The molecule has 2 aliphatic heterocycles. The standard InChI is InChI=1S/C15H13F3N2O6S/c16-15(17,18)27(24,25)26-7-8-1-2-10-9(5-8)6-20(14(10)23)11-3-4-12(21)19-13(11)22/h1-2,5,11H,3-4,6-7H2,(H,19,21,22). The molecule has 0 aromatic heterocycles. The summed E-state index contributed by atoms with van der Waals surface area (Å²) >= 11 is 0. The molecule has 3 rings (SSSR count). The summed E-state index contributed by atoms with van der Waals surface area (Å²) in [6, 6.07) is 3.14. The van der Waals surface area contributed by atoms with Crippen LogP contribution in [0.15, 0.2) is 18.2 Å². The van der Waals surface area contributed by atoms with Crippen LogP contribution in [0.4, 0.5) is 13.2 Å². The number of halogens is 3. The quantitative estimate of drug-likeness (QED) is 0.450. The van der Waals surface area contributed by atoms with E-state index in [1.807, 2.05) is 0 Å². The Morgan fingerprint density at radius 3 is 2.56 bits per heavy atom. The molecule has 1 aromatic carbocycles. The van der Waals surface area contributed by atoms with Crippen molar-refractivity contribution in [2.45, 2.75) is 37.5 Å². The van der Waals surface area contributed by atoms with Gasteiger partial charge in [-0.2, -0.15) is 21.6 Å². The van der Waals surface area contributed by atoms with Gasteiger partial charge in [0.05, 0.1) is 6.61 Å². The maximum absolute atomic E-state index is 12.5. The molecule has 146 valence electrons. The number of nitrogens with one attached hydrogen (secondary N) is 1. The number of piperidine rings is 1. The summed E-state index contributed by atoms with van der Waals surface area (Å²) in [6.45, 7) is -0.831. The fraction of sp³-hybridized carbons (Fsp3) is 0.400. The number of alkyl halides is 3. The van der Waals surface area contributed by atoms with E-state index >= 15 is 0 Å². The first-order valence-corrected chi connectivity index (χ1v) is 9.12. The largest absolute Gasteiger partial charge is 0.523 e. The lowest BCUT2D eigenvalue weighted by atomic mass is 10.0. The Bertz CT molecular complexity index is 928. The van der Waals surface area contributed by atoms with Crippen LogP contribution in [-0.4, -0.2) is 42.6 Å². The van der Waals surface area contributed by atoms with Gasteiger partial charge >= 0.3 is 15.6 Å². The molecule has 1 saturated heterocycles. The molecule has 1 aromatic rings. The second-order valence-electron chi connectivity index (χ2n) is 6.05. The molecule has 1 fully saturated rings. The predicted molar refractivity (Wildman–Crippen MR) is 82.3 cm³/mol. The summed E-state index contributed by atoms with van der Waals surface area (Å²) in [6.07, 6.45) is 0.259. The molecule has 27 heavy (non-hydrogen) atoms. The number of amides is 3. The lowest BCUT2D eigenvalue weighted by Gasteiger charge is -2.29. The van der Waals surface area contributed by atoms with Crippen molar-refractivity contribution >= 4 is 27.8 Å². The number of rotatable bonds is 4. The highest BCUT2D eigenvalue weighted by Gasteiger charge is 2.47. The van der Waals surface area contributed by atoms with E-state index in [4.69, 9.17) is 0 Å². The first kappa shape index (κ1) is 19.3. The van der Waals surface area contributed by atoms with E-state index in [1.165, 1.54) is 23.1 Å². The van der Waals surface area contributed by atoms with Crippen molar-refractivity contribution in [1.82, 2.24) is 10.2 Å². The number of hydrogen-bond donors (Lipinski definition) is 1. The van der Waals surface area contributed by atoms with Gasteiger partial charge in [-0.3, -0.25) is 23.9 Å². The molecule has 8 nitrogen and oxygen atoms in total. The van der Waals surface area contributed by atoms with E-state index in [0.717, 1.165) is 0 Å². The van der Waals surface area contributed by atoms with Gasteiger partial charge in [-0.15, -0.1) is 0 Å². The molecule has 1 N–H and O–H groups in total. The van der Waals surface area contributed by atoms with E-state index < -0.39 is 46.0 Å². The Hall–Kier alpha value is -2.47. The van der Waals surface area contributed by atoms with Crippen molar-refractivity contribution in [2.75, 3.05) is 0 Å². The van der Waals surface area contributed by atoms with Crippen LogP contribution in [0.25, 0.3) is 0 Å². The molecular formula is C15H13F3N2O6S. The summed E-state index contributed by atoms with van der Waals surface area (Å²) < 4.78 is 62.8. The number of hydrogen-bond acceptors (Lipinski definition) is 6. The highest BCUT2D eigenvalue weighted by atomic mass is 32.2. The second-order valence-corrected chi connectivity index (χ2v) is 7.66. The van der Waals surface area contributed by atoms with Crippen LogP contribution < -0.4 is 5.32 Å². The minimum atomic E-state index is -5.72. The zero-order chi connectivity index (χ0) is 20.0. The minimum absolute atomic E-state index is 0.0142. The van der Waals surface area contributed by atoms with Crippen LogP contribution in [0.2, 0.25) is 0 Å². The molecule has 0 saturated carbocycles. The Morgan fingerprint density at radius 2 is 1.93 bits per heavy atom. The van der Waals surface area contributed by atoms with Crippen molar-refractivity contribution < 1.29 is 40.2 Å². The van der Waals surface area contributed by atoms with Crippen LogP contribution in [0, 0.1) is 0 Å². The third-order valence-electron chi connectivity index (χ3n) is 4.25. The molecule has 1 unspecified atom stereocenters. The summed E-state index contributed by atoms with van der Waals surface area (Å²) in [5, 5.41) is 2.15. The number of benzene rings is 1. The predicted octanol–water partition coefficient (Wildman–Crippen LogP) is 0.814. The van der Waals surface area contributed by atoms with Crippen molar-refractivity contribution in [3.8, 4) is 0 Å². The molecule has 0 spiro atoms. The third kappa shape index (κ3) is 3.67. The average Bonchev–Trinajstić information content (AvgIpc) is 2.88. The topological polar surface area (TPSA) is 110 Å². The zero-order valence-electron chi connectivity index (χ0n) is 13.6. The zero-order valence-corrected chi connectivity index (χ0v) is 14.4. The molecular weight excluding hydrogens is 393 g/mol. The van der Waals surface area contributed by atoms with E-state index in [9.17, 15) is 36.0 Å². The minimum Gasteiger partial charge on any atom is -0.322 e. The van der Waals surface area contributed by atoms with Gasteiger partial charge in [-0.05, 0) is 23.6 Å². The van der Waals surface area contributed by atoms with Crippen molar-refractivity contribution in [2.24, 2.45) is 0 Å². The van der Waals surface area contributed by atoms with E-state index in [1.54, 1.807) is 0 Å². The Labute approximate surface area is 151 Å². The smallest absolute Gasteiger partial charge is 0.322 e. The SMILES string of the molecule is O=C1CCC(N2Cc3cc(COS(=O)(=O)C(F)(F)F)ccc3C2=O)C(=O)N1. The first-order valence-electron chi connectivity index (χ1n) is 7.72. The third-order valence-corrected chi connectivity index (χ3v) is 5.25. The van der Waals surface area contributed by atoms with Gasteiger partial charge < -0.3 is 4.90 Å². The van der Waals surface area contributed by atoms with Crippen LogP contribution in [0.3, 0.4) is 0 Å².